The van der Waals surface area contributed by atoms with Crippen molar-refractivity contribution in [2.45, 2.75) is 25.8 Å². The lowest BCUT2D eigenvalue weighted by molar-refractivity contribution is -0.131. The third-order valence-electron chi connectivity index (χ3n) is 4.07. The minimum atomic E-state index is 0.185. The van der Waals surface area contributed by atoms with E-state index in [0.717, 1.165) is 36.6 Å². The van der Waals surface area contributed by atoms with E-state index in [1.54, 1.807) is 13.4 Å². The molecular weight excluding hydrogens is 280 g/mol. The Morgan fingerprint density at radius 2 is 2.14 bits per heavy atom. The van der Waals surface area contributed by atoms with Crippen molar-refractivity contribution >= 4 is 5.91 Å². The zero-order chi connectivity index (χ0) is 15.4. The molecule has 2 aromatic rings. The Hall–Kier alpha value is -2.37. The number of amides is 1. The normalized spacial score (nSPS) is 14.3. The molecule has 116 valence electrons. The van der Waals surface area contributed by atoms with Gasteiger partial charge in [0.25, 0.3) is 0 Å². The number of aryl methyl sites for hydroxylation is 1. The van der Waals surface area contributed by atoms with Gasteiger partial charge in [-0.05, 0) is 18.1 Å². The second-order valence-electron chi connectivity index (χ2n) is 5.38. The van der Waals surface area contributed by atoms with Gasteiger partial charge in [0.05, 0.1) is 7.11 Å². The van der Waals surface area contributed by atoms with E-state index in [2.05, 4.69) is 10.2 Å². The first-order valence-electron chi connectivity index (χ1n) is 7.54. The van der Waals surface area contributed by atoms with Crippen LogP contribution in [-0.2, 0) is 24.2 Å². The van der Waals surface area contributed by atoms with E-state index < -0.39 is 0 Å². The van der Waals surface area contributed by atoms with Crippen LogP contribution >= 0.6 is 0 Å². The maximum atomic E-state index is 12.4. The molecule has 0 atom stereocenters. The molecule has 0 spiro atoms. The van der Waals surface area contributed by atoms with Crippen molar-refractivity contribution in [1.82, 2.24) is 19.7 Å². The maximum Gasteiger partial charge on any atom is 0.222 e. The number of methoxy groups -OCH3 is 1. The number of benzene rings is 1. The van der Waals surface area contributed by atoms with E-state index in [1.807, 2.05) is 33.7 Å². The largest absolute Gasteiger partial charge is 0.496 e. The number of ether oxygens (including phenoxy) is 1. The first kappa shape index (κ1) is 14.6. The van der Waals surface area contributed by atoms with Crippen molar-refractivity contribution in [2.75, 3.05) is 20.2 Å². The summed E-state index contributed by atoms with van der Waals surface area (Å²) in [6.07, 6.45) is 3.70. The highest BCUT2D eigenvalue weighted by molar-refractivity contribution is 5.76. The number of rotatable bonds is 4. The van der Waals surface area contributed by atoms with E-state index in [-0.39, 0.29) is 5.91 Å². The number of carbonyl (C=O) groups is 1. The van der Waals surface area contributed by atoms with Crippen LogP contribution in [0.25, 0.3) is 0 Å². The van der Waals surface area contributed by atoms with Crippen LogP contribution in [0.3, 0.4) is 0 Å². The molecule has 6 nitrogen and oxygen atoms in total. The maximum absolute atomic E-state index is 12.4. The predicted molar refractivity (Wildman–Crippen MR) is 81.6 cm³/mol. The quantitative estimate of drug-likeness (QED) is 0.854. The fraction of sp³-hybridized carbons (Fsp3) is 0.438. The average molecular weight is 300 g/mol. The van der Waals surface area contributed by atoms with Crippen LogP contribution in [0, 0.1) is 0 Å². The van der Waals surface area contributed by atoms with Crippen LogP contribution in [0.1, 0.15) is 17.8 Å². The van der Waals surface area contributed by atoms with Gasteiger partial charge in [-0.3, -0.25) is 4.79 Å². The highest BCUT2D eigenvalue weighted by Crippen LogP contribution is 2.19. The third-order valence-corrected chi connectivity index (χ3v) is 4.07. The fourth-order valence-electron chi connectivity index (χ4n) is 2.79. The number of carbonyl (C=O) groups excluding carboxylic acids is 1. The van der Waals surface area contributed by atoms with E-state index in [1.165, 1.54) is 0 Å². The second kappa shape index (κ2) is 6.60. The summed E-state index contributed by atoms with van der Waals surface area (Å²) >= 11 is 0. The Morgan fingerprint density at radius 1 is 1.27 bits per heavy atom. The summed E-state index contributed by atoms with van der Waals surface area (Å²) in [5.41, 5.74) is 1.07. The number of hydrogen-bond acceptors (Lipinski definition) is 4. The monoisotopic (exact) mass is 300 g/mol. The molecular formula is C16H20N4O2. The van der Waals surface area contributed by atoms with Crippen LogP contribution in [-0.4, -0.2) is 45.8 Å². The lowest BCUT2D eigenvalue weighted by Gasteiger charge is -2.20. The topological polar surface area (TPSA) is 60.2 Å². The molecule has 0 bridgehead atoms. The van der Waals surface area contributed by atoms with Crippen molar-refractivity contribution in [3.8, 4) is 5.75 Å². The van der Waals surface area contributed by atoms with Crippen LogP contribution in [0.4, 0.5) is 0 Å². The fourth-order valence-corrected chi connectivity index (χ4v) is 2.79. The number of hydrogen-bond donors (Lipinski definition) is 0. The van der Waals surface area contributed by atoms with Crippen LogP contribution < -0.4 is 4.74 Å². The Morgan fingerprint density at radius 3 is 3.00 bits per heavy atom. The zero-order valence-corrected chi connectivity index (χ0v) is 12.7. The van der Waals surface area contributed by atoms with Crippen LogP contribution in [0.2, 0.25) is 0 Å². The van der Waals surface area contributed by atoms with E-state index >= 15 is 0 Å². The number of fused-ring (bicyclic) bond motifs is 1. The lowest BCUT2D eigenvalue weighted by Crippen LogP contribution is -2.33. The third kappa shape index (κ3) is 3.10. The molecule has 0 saturated carbocycles. The van der Waals surface area contributed by atoms with Crippen molar-refractivity contribution in [3.63, 3.8) is 0 Å². The van der Waals surface area contributed by atoms with Gasteiger partial charge in [0, 0.05) is 32.5 Å². The van der Waals surface area contributed by atoms with Gasteiger partial charge in [-0.25, -0.2) is 0 Å². The minimum Gasteiger partial charge on any atom is -0.496 e. The van der Waals surface area contributed by atoms with Gasteiger partial charge in [0.1, 0.15) is 17.9 Å². The van der Waals surface area contributed by atoms with Gasteiger partial charge in [-0.1, -0.05) is 18.2 Å². The van der Waals surface area contributed by atoms with Crippen LogP contribution in [0.5, 0.6) is 5.75 Å². The molecule has 2 heterocycles. The van der Waals surface area contributed by atoms with E-state index in [9.17, 15) is 4.79 Å². The molecule has 6 heteroatoms. The standard InChI is InChI=1S/C16H20N4O2/c1-22-14-5-3-2-4-13(14)6-7-16(21)19-9-8-15-18-17-12-20(15)11-10-19/h2-5,12H,6-11H2,1H3. The summed E-state index contributed by atoms with van der Waals surface area (Å²) < 4.78 is 7.35. The van der Waals surface area contributed by atoms with Gasteiger partial charge in [0.2, 0.25) is 5.91 Å². The molecule has 0 unspecified atom stereocenters. The van der Waals surface area contributed by atoms with E-state index in [4.69, 9.17) is 4.74 Å². The number of nitrogens with zero attached hydrogens (tertiary/aromatic N) is 4. The molecule has 0 aliphatic carbocycles. The Kier molecular flexibility index (Phi) is 4.37. The zero-order valence-electron chi connectivity index (χ0n) is 12.7. The SMILES string of the molecule is COc1ccccc1CCC(=O)N1CCc2nncn2CC1. The van der Waals surface area contributed by atoms with Crippen molar-refractivity contribution in [3.05, 3.63) is 42.0 Å². The first-order valence-corrected chi connectivity index (χ1v) is 7.54. The number of para-hydroxylation sites is 1. The van der Waals surface area contributed by atoms with Gasteiger partial charge in [-0.15, -0.1) is 10.2 Å². The van der Waals surface area contributed by atoms with Crippen LogP contribution in [0.15, 0.2) is 30.6 Å². The lowest BCUT2D eigenvalue weighted by atomic mass is 10.1. The highest BCUT2D eigenvalue weighted by Gasteiger charge is 2.19. The van der Waals surface area contributed by atoms with E-state index in [0.29, 0.717) is 19.4 Å². The molecule has 0 saturated heterocycles. The predicted octanol–water partition coefficient (Wildman–Crippen LogP) is 1.30. The molecule has 0 radical (unpaired) electrons. The summed E-state index contributed by atoms with van der Waals surface area (Å²) in [7, 11) is 1.66. The summed E-state index contributed by atoms with van der Waals surface area (Å²) in [6.45, 7) is 2.20. The van der Waals surface area contributed by atoms with Crippen molar-refractivity contribution in [1.29, 1.82) is 0 Å². The molecule has 1 amide bonds. The second-order valence-corrected chi connectivity index (χ2v) is 5.38. The van der Waals surface area contributed by atoms with Crippen molar-refractivity contribution in [2.24, 2.45) is 0 Å². The highest BCUT2D eigenvalue weighted by atomic mass is 16.5. The smallest absolute Gasteiger partial charge is 0.222 e. The molecule has 1 aromatic heterocycles. The Balaban J connectivity index is 1.57. The molecule has 0 N–H and O–H groups in total. The van der Waals surface area contributed by atoms with Gasteiger partial charge in [-0.2, -0.15) is 0 Å². The molecule has 1 aromatic carbocycles. The summed E-state index contributed by atoms with van der Waals surface area (Å²) in [5, 5.41) is 7.99. The van der Waals surface area contributed by atoms with Crippen molar-refractivity contribution < 1.29 is 9.53 Å². The summed E-state index contributed by atoms with van der Waals surface area (Å²) in [6, 6.07) is 7.85. The molecule has 22 heavy (non-hydrogen) atoms. The molecule has 3 rings (SSSR count). The van der Waals surface area contributed by atoms with Gasteiger partial charge < -0.3 is 14.2 Å². The Bertz CT molecular complexity index is 631. The summed E-state index contributed by atoms with van der Waals surface area (Å²) in [4.78, 5) is 14.4. The van der Waals surface area contributed by atoms with Gasteiger partial charge >= 0.3 is 0 Å². The van der Waals surface area contributed by atoms with Gasteiger partial charge in [0.15, 0.2) is 0 Å². The first-order chi connectivity index (χ1) is 10.8. The minimum absolute atomic E-state index is 0.185. The summed E-state index contributed by atoms with van der Waals surface area (Å²) in [5.74, 6) is 1.99. The Labute approximate surface area is 129 Å². The average Bonchev–Trinajstić information content (AvgIpc) is 2.91. The molecule has 1 aliphatic heterocycles. The molecule has 1 aliphatic rings. The molecule has 0 fully saturated rings. The number of aromatic nitrogens is 3.